The molecule has 0 aliphatic carbocycles. The number of hydrogen-bond acceptors (Lipinski definition) is 4. The molecule has 0 saturated carbocycles. The molecule has 0 bridgehead atoms. The number of ether oxygens (including phenoxy) is 2. The van der Waals surface area contributed by atoms with Gasteiger partial charge in [-0.1, -0.05) is 6.92 Å². The molecule has 1 aromatic heterocycles. The highest BCUT2D eigenvalue weighted by Gasteiger charge is 2.09. The molecule has 0 fully saturated rings. The molecule has 2 rings (SSSR count). The standard InChI is InChI=1S/C15H17Br2NO3/c1-3-18-8-10-4-5-11(21-10)9-20-15-7-12(16)14(19-2)6-13(15)17/h4-7,18H,3,8-9H2,1-2H3. The minimum atomic E-state index is 0.378. The van der Waals surface area contributed by atoms with Crippen LogP contribution in [0.4, 0.5) is 0 Å². The van der Waals surface area contributed by atoms with Crippen LogP contribution in [-0.4, -0.2) is 13.7 Å². The Labute approximate surface area is 141 Å². The Morgan fingerprint density at radius 2 is 1.76 bits per heavy atom. The fourth-order valence-corrected chi connectivity index (χ4v) is 2.69. The van der Waals surface area contributed by atoms with Crippen LogP contribution in [0.5, 0.6) is 11.5 Å². The van der Waals surface area contributed by atoms with E-state index >= 15 is 0 Å². The van der Waals surface area contributed by atoms with Gasteiger partial charge in [0, 0.05) is 0 Å². The van der Waals surface area contributed by atoms with Gasteiger partial charge in [-0.05, 0) is 62.7 Å². The molecule has 1 aromatic carbocycles. The zero-order chi connectivity index (χ0) is 15.2. The predicted molar refractivity (Wildman–Crippen MR) is 88.8 cm³/mol. The fraction of sp³-hybridized carbons (Fsp3) is 0.333. The van der Waals surface area contributed by atoms with Crippen LogP contribution in [0, 0.1) is 0 Å². The van der Waals surface area contributed by atoms with Gasteiger partial charge in [0.25, 0.3) is 0 Å². The Morgan fingerprint density at radius 3 is 2.48 bits per heavy atom. The normalized spacial score (nSPS) is 10.7. The van der Waals surface area contributed by atoms with Crippen LogP contribution < -0.4 is 14.8 Å². The summed E-state index contributed by atoms with van der Waals surface area (Å²) in [5, 5.41) is 3.22. The van der Waals surface area contributed by atoms with Gasteiger partial charge in [0.1, 0.15) is 29.6 Å². The molecule has 0 unspecified atom stereocenters. The first-order chi connectivity index (χ1) is 10.1. The Hall–Kier alpha value is -0.980. The predicted octanol–water partition coefficient (Wildman–Crippen LogP) is 4.50. The molecule has 0 spiro atoms. The van der Waals surface area contributed by atoms with Crippen molar-refractivity contribution in [3.05, 3.63) is 44.7 Å². The monoisotopic (exact) mass is 417 g/mol. The average Bonchev–Trinajstić information content (AvgIpc) is 2.93. The van der Waals surface area contributed by atoms with Crippen LogP contribution in [0.3, 0.4) is 0 Å². The van der Waals surface area contributed by atoms with Crippen LogP contribution in [0.25, 0.3) is 0 Å². The van der Waals surface area contributed by atoms with E-state index in [1.165, 1.54) is 0 Å². The van der Waals surface area contributed by atoms with Crippen LogP contribution >= 0.6 is 31.9 Å². The van der Waals surface area contributed by atoms with Gasteiger partial charge in [0.15, 0.2) is 0 Å². The summed E-state index contributed by atoms with van der Waals surface area (Å²) in [7, 11) is 1.63. The third kappa shape index (κ3) is 4.49. The van der Waals surface area contributed by atoms with Crippen molar-refractivity contribution >= 4 is 31.9 Å². The van der Waals surface area contributed by atoms with Crippen molar-refractivity contribution in [1.82, 2.24) is 5.32 Å². The number of hydrogen-bond donors (Lipinski definition) is 1. The van der Waals surface area contributed by atoms with E-state index in [1.54, 1.807) is 7.11 Å². The van der Waals surface area contributed by atoms with E-state index in [-0.39, 0.29) is 0 Å². The molecular weight excluding hydrogens is 402 g/mol. The maximum Gasteiger partial charge on any atom is 0.146 e. The topological polar surface area (TPSA) is 43.6 Å². The van der Waals surface area contributed by atoms with E-state index < -0.39 is 0 Å². The van der Waals surface area contributed by atoms with Gasteiger partial charge in [-0.25, -0.2) is 0 Å². The highest BCUT2D eigenvalue weighted by Crippen LogP contribution is 2.36. The Kier molecular flexibility index (Phi) is 6.14. The third-order valence-corrected chi connectivity index (χ3v) is 4.08. The van der Waals surface area contributed by atoms with E-state index in [0.717, 1.165) is 45.1 Å². The fourth-order valence-electron chi connectivity index (χ4n) is 1.77. The molecule has 1 N–H and O–H groups in total. The Balaban J connectivity index is 1.99. The summed E-state index contributed by atoms with van der Waals surface area (Å²) in [5.74, 6) is 3.18. The summed E-state index contributed by atoms with van der Waals surface area (Å²) in [6.07, 6.45) is 0. The van der Waals surface area contributed by atoms with Crippen molar-refractivity contribution < 1.29 is 13.9 Å². The highest BCUT2D eigenvalue weighted by atomic mass is 79.9. The number of methoxy groups -OCH3 is 1. The largest absolute Gasteiger partial charge is 0.496 e. The maximum atomic E-state index is 5.77. The molecule has 0 aliphatic heterocycles. The maximum absolute atomic E-state index is 5.77. The quantitative estimate of drug-likeness (QED) is 0.718. The molecule has 0 radical (unpaired) electrons. The summed E-state index contributed by atoms with van der Waals surface area (Å²) in [6.45, 7) is 4.09. The molecule has 4 nitrogen and oxygen atoms in total. The molecule has 1 heterocycles. The van der Waals surface area contributed by atoms with Gasteiger partial charge in [-0.15, -0.1) is 0 Å². The third-order valence-electron chi connectivity index (χ3n) is 2.84. The first-order valence-electron chi connectivity index (χ1n) is 6.58. The van der Waals surface area contributed by atoms with Gasteiger partial charge in [0.2, 0.25) is 0 Å². The van der Waals surface area contributed by atoms with Crippen LogP contribution in [0.2, 0.25) is 0 Å². The summed E-state index contributed by atoms with van der Waals surface area (Å²) in [6, 6.07) is 7.61. The molecular formula is C15H17Br2NO3. The van der Waals surface area contributed by atoms with Crippen molar-refractivity contribution in [2.24, 2.45) is 0 Å². The zero-order valence-corrected chi connectivity index (χ0v) is 15.1. The molecule has 0 aliphatic rings. The van der Waals surface area contributed by atoms with E-state index in [0.29, 0.717) is 6.61 Å². The van der Waals surface area contributed by atoms with Crippen molar-refractivity contribution in [2.75, 3.05) is 13.7 Å². The summed E-state index contributed by atoms with van der Waals surface area (Å²) < 4.78 is 18.4. The molecule has 0 atom stereocenters. The van der Waals surface area contributed by atoms with Crippen molar-refractivity contribution in [3.63, 3.8) is 0 Å². The average molecular weight is 419 g/mol. The second kappa shape index (κ2) is 7.87. The Bertz CT molecular complexity index is 599. The molecule has 114 valence electrons. The lowest BCUT2D eigenvalue weighted by Crippen LogP contribution is -2.10. The SMILES string of the molecule is CCNCc1ccc(COc2cc(Br)c(OC)cc2Br)o1. The number of halogens is 2. The summed E-state index contributed by atoms with van der Waals surface area (Å²) in [5.41, 5.74) is 0. The first kappa shape index (κ1) is 16.4. The molecule has 2 aromatic rings. The number of rotatable bonds is 7. The van der Waals surface area contributed by atoms with E-state index in [1.807, 2.05) is 24.3 Å². The van der Waals surface area contributed by atoms with Crippen LogP contribution in [-0.2, 0) is 13.2 Å². The van der Waals surface area contributed by atoms with E-state index in [4.69, 9.17) is 13.9 Å². The molecule has 0 saturated heterocycles. The van der Waals surface area contributed by atoms with Gasteiger partial charge in [0.05, 0.1) is 22.6 Å². The highest BCUT2D eigenvalue weighted by molar-refractivity contribution is 9.11. The summed E-state index contributed by atoms with van der Waals surface area (Å²) >= 11 is 6.91. The molecule has 6 heteroatoms. The lowest BCUT2D eigenvalue weighted by molar-refractivity contribution is 0.263. The van der Waals surface area contributed by atoms with E-state index in [9.17, 15) is 0 Å². The second-order valence-corrected chi connectivity index (χ2v) is 6.06. The number of furan rings is 1. The van der Waals surface area contributed by atoms with Crippen molar-refractivity contribution in [3.8, 4) is 11.5 Å². The van der Waals surface area contributed by atoms with Crippen LogP contribution in [0.1, 0.15) is 18.4 Å². The summed E-state index contributed by atoms with van der Waals surface area (Å²) in [4.78, 5) is 0. The zero-order valence-electron chi connectivity index (χ0n) is 11.9. The lowest BCUT2D eigenvalue weighted by atomic mass is 10.3. The van der Waals surface area contributed by atoms with Gasteiger partial charge >= 0.3 is 0 Å². The number of nitrogens with one attached hydrogen (secondary N) is 1. The minimum Gasteiger partial charge on any atom is -0.496 e. The van der Waals surface area contributed by atoms with Gasteiger partial charge < -0.3 is 19.2 Å². The second-order valence-electron chi connectivity index (χ2n) is 4.35. The van der Waals surface area contributed by atoms with E-state index in [2.05, 4.69) is 44.1 Å². The first-order valence-corrected chi connectivity index (χ1v) is 8.16. The van der Waals surface area contributed by atoms with Crippen LogP contribution in [0.15, 0.2) is 37.6 Å². The molecule has 0 amide bonds. The lowest BCUT2D eigenvalue weighted by Gasteiger charge is -2.10. The van der Waals surface area contributed by atoms with Gasteiger partial charge in [-0.3, -0.25) is 0 Å². The van der Waals surface area contributed by atoms with Crippen molar-refractivity contribution in [1.29, 1.82) is 0 Å². The van der Waals surface area contributed by atoms with Gasteiger partial charge in [-0.2, -0.15) is 0 Å². The Morgan fingerprint density at radius 1 is 1.10 bits per heavy atom. The molecule has 21 heavy (non-hydrogen) atoms. The van der Waals surface area contributed by atoms with Crippen molar-refractivity contribution in [2.45, 2.75) is 20.1 Å². The number of benzene rings is 1. The smallest absolute Gasteiger partial charge is 0.146 e. The minimum absolute atomic E-state index is 0.378.